The maximum Gasteiger partial charge on any atom is 0.360 e. The van der Waals surface area contributed by atoms with E-state index in [2.05, 4.69) is 19.7 Å². The van der Waals surface area contributed by atoms with Crippen molar-refractivity contribution < 1.29 is 14.3 Å². The van der Waals surface area contributed by atoms with Crippen molar-refractivity contribution in [1.29, 1.82) is 0 Å². The molecule has 0 aliphatic carbocycles. The van der Waals surface area contributed by atoms with Crippen molar-refractivity contribution in [1.82, 2.24) is 15.0 Å². The van der Waals surface area contributed by atoms with Gasteiger partial charge in [-0.2, -0.15) is 0 Å². The number of ether oxygens (including phenoxy) is 2. The van der Waals surface area contributed by atoms with Crippen molar-refractivity contribution in [2.75, 3.05) is 19.5 Å². The van der Waals surface area contributed by atoms with Gasteiger partial charge in [0.2, 0.25) is 5.88 Å². The van der Waals surface area contributed by atoms with Crippen molar-refractivity contribution in [3.05, 3.63) is 30.2 Å². The zero-order chi connectivity index (χ0) is 14.5. The van der Waals surface area contributed by atoms with Crippen molar-refractivity contribution >= 4 is 11.8 Å². The highest BCUT2D eigenvalue weighted by molar-refractivity contribution is 5.92. The SMILES string of the molecule is CCOc1ncccc1-c1cnc(N)c(C(=O)OC)n1. The van der Waals surface area contributed by atoms with Gasteiger partial charge in [-0.15, -0.1) is 0 Å². The second-order valence-corrected chi connectivity index (χ2v) is 3.77. The molecule has 2 aromatic heterocycles. The molecule has 104 valence electrons. The highest BCUT2D eigenvalue weighted by Crippen LogP contribution is 2.26. The van der Waals surface area contributed by atoms with E-state index in [0.717, 1.165) is 0 Å². The van der Waals surface area contributed by atoms with E-state index < -0.39 is 5.97 Å². The molecule has 0 saturated carbocycles. The Morgan fingerprint density at radius 1 is 1.40 bits per heavy atom. The molecule has 7 nitrogen and oxygen atoms in total. The summed E-state index contributed by atoms with van der Waals surface area (Å²) in [5.41, 5.74) is 6.66. The van der Waals surface area contributed by atoms with Gasteiger partial charge in [0.25, 0.3) is 0 Å². The summed E-state index contributed by atoms with van der Waals surface area (Å²) in [6.45, 7) is 2.32. The molecule has 0 spiro atoms. The molecule has 2 N–H and O–H groups in total. The van der Waals surface area contributed by atoms with Gasteiger partial charge in [0.1, 0.15) is 0 Å². The summed E-state index contributed by atoms with van der Waals surface area (Å²) in [4.78, 5) is 23.8. The average Bonchev–Trinajstić information content (AvgIpc) is 2.48. The van der Waals surface area contributed by atoms with Gasteiger partial charge in [-0.25, -0.2) is 19.7 Å². The Balaban J connectivity index is 2.51. The maximum atomic E-state index is 11.6. The lowest BCUT2D eigenvalue weighted by Gasteiger charge is -2.09. The monoisotopic (exact) mass is 274 g/mol. The number of nitrogen functional groups attached to an aromatic ring is 1. The third kappa shape index (κ3) is 2.66. The molecular formula is C13H14N4O3. The Bertz CT molecular complexity index is 631. The number of nitrogens with two attached hydrogens (primary N) is 1. The second-order valence-electron chi connectivity index (χ2n) is 3.77. The topological polar surface area (TPSA) is 100 Å². The number of rotatable bonds is 4. The van der Waals surface area contributed by atoms with E-state index in [1.807, 2.05) is 6.92 Å². The minimum atomic E-state index is -0.640. The molecule has 0 atom stereocenters. The van der Waals surface area contributed by atoms with Crippen LogP contribution in [-0.4, -0.2) is 34.6 Å². The normalized spacial score (nSPS) is 10.1. The van der Waals surface area contributed by atoms with Crippen molar-refractivity contribution in [3.8, 4) is 17.1 Å². The van der Waals surface area contributed by atoms with E-state index in [1.54, 1.807) is 18.3 Å². The molecule has 2 rings (SSSR count). The number of anilines is 1. The Hall–Kier alpha value is -2.70. The molecule has 0 amide bonds. The molecule has 2 heterocycles. The van der Waals surface area contributed by atoms with Gasteiger partial charge in [-0.05, 0) is 19.1 Å². The lowest BCUT2D eigenvalue weighted by Crippen LogP contribution is -2.11. The first kappa shape index (κ1) is 13.7. The summed E-state index contributed by atoms with van der Waals surface area (Å²) in [5.74, 6) is -0.203. The first-order valence-corrected chi connectivity index (χ1v) is 5.96. The fraction of sp³-hybridized carbons (Fsp3) is 0.231. The number of hydrogen-bond acceptors (Lipinski definition) is 7. The Morgan fingerprint density at radius 3 is 2.90 bits per heavy atom. The van der Waals surface area contributed by atoms with Gasteiger partial charge >= 0.3 is 5.97 Å². The fourth-order valence-electron chi connectivity index (χ4n) is 1.61. The van der Waals surface area contributed by atoms with Crippen molar-refractivity contribution in [2.24, 2.45) is 0 Å². The maximum absolute atomic E-state index is 11.6. The number of carbonyl (C=O) groups is 1. The molecule has 0 bridgehead atoms. The van der Waals surface area contributed by atoms with Gasteiger partial charge in [-0.3, -0.25) is 0 Å². The second kappa shape index (κ2) is 5.96. The summed E-state index contributed by atoms with van der Waals surface area (Å²) < 4.78 is 10.0. The van der Waals surface area contributed by atoms with Crippen LogP contribution in [0.2, 0.25) is 0 Å². The average molecular weight is 274 g/mol. The summed E-state index contributed by atoms with van der Waals surface area (Å²) in [5, 5.41) is 0. The minimum absolute atomic E-state index is 0.0162. The van der Waals surface area contributed by atoms with Gasteiger partial charge in [0.05, 0.1) is 31.2 Å². The molecule has 7 heteroatoms. The smallest absolute Gasteiger partial charge is 0.360 e. The molecule has 0 saturated heterocycles. The van der Waals surface area contributed by atoms with Crippen LogP contribution in [0, 0.1) is 0 Å². The van der Waals surface area contributed by atoms with Crippen molar-refractivity contribution in [2.45, 2.75) is 6.92 Å². The van der Waals surface area contributed by atoms with Crippen LogP contribution >= 0.6 is 0 Å². The van der Waals surface area contributed by atoms with Crippen LogP contribution in [-0.2, 0) is 4.74 Å². The van der Waals surface area contributed by atoms with Crippen LogP contribution in [0.1, 0.15) is 17.4 Å². The molecular weight excluding hydrogens is 260 g/mol. The van der Waals surface area contributed by atoms with E-state index in [9.17, 15) is 4.79 Å². The number of carbonyl (C=O) groups excluding carboxylic acids is 1. The van der Waals surface area contributed by atoms with Crippen LogP contribution in [0.25, 0.3) is 11.3 Å². The quantitative estimate of drug-likeness (QED) is 0.839. The van der Waals surface area contributed by atoms with E-state index in [-0.39, 0.29) is 11.5 Å². The Kier molecular flexibility index (Phi) is 4.09. The number of hydrogen-bond donors (Lipinski definition) is 1. The van der Waals surface area contributed by atoms with Crippen LogP contribution in [0.3, 0.4) is 0 Å². The molecule has 0 fully saturated rings. The first-order chi connectivity index (χ1) is 9.67. The molecule has 20 heavy (non-hydrogen) atoms. The van der Waals surface area contributed by atoms with Gasteiger partial charge in [0.15, 0.2) is 11.5 Å². The Morgan fingerprint density at radius 2 is 2.20 bits per heavy atom. The standard InChI is InChI=1S/C13H14N4O3/c1-3-20-12-8(5-4-6-15-12)9-7-16-11(14)10(17-9)13(18)19-2/h4-7H,3H2,1-2H3,(H2,14,16). The summed E-state index contributed by atoms with van der Waals surface area (Å²) in [7, 11) is 1.26. The number of nitrogens with zero attached hydrogens (tertiary/aromatic N) is 3. The minimum Gasteiger partial charge on any atom is -0.477 e. The predicted molar refractivity (Wildman–Crippen MR) is 72.2 cm³/mol. The van der Waals surface area contributed by atoms with E-state index in [1.165, 1.54) is 13.3 Å². The van der Waals surface area contributed by atoms with Crippen LogP contribution in [0.5, 0.6) is 5.88 Å². The molecule has 0 aliphatic rings. The van der Waals surface area contributed by atoms with Crippen LogP contribution in [0.15, 0.2) is 24.5 Å². The van der Waals surface area contributed by atoms with E-state index in [0.29, 0.717) is 23.7 Å². The molecule has 0 aliphatic heterocycles. The zero-order valence-corrected chi connectivity index (χ0v) is 11.2. The van der Waals surface area contributed by atoms with Gasteiger partial charge in [-0.1, -0.05) is 0 Å². The largest absolute Gasteiger partial charge is 0.477 e. The van der Waals surface area contributed by atoms with Gasteiger partial charge in [0, 0.05) is 6.20 Å². The Labute approximate surface area is 115 Å². The highest BCUT2D eigenvalue weighted by Gasteiger charge is 2.17. The fourth-order valence-corrected chi connectivity index (χ4v) is 1.61. The lowest BCUT2D eigenvalue weighted by atomic mass is 10.2. The number of aromatic nitrogens is 3. The van der Waals surface area contributed by atoms with Crippen molar-refractivity contribution in [3.63, 3.8) is 0 Å². The summed E-state index contributed by atoms with van der Waals surface area (Å²) in [6.07, 6.45) is 3.07. The third-order valence-corrected chi connectivity index (χ3v) is 2.51. The number of methoxy groups -OCH3 is 1. The van der Waals surface area contributed by atoms with E-state index >= 15 is 0 Å². The molecule has 0 unspecified atom stereocenters. The molecule has 2 aromatic rings. The lowest BCUT2D eigenvalue weighted by molar-refractivity contribution is 0.0595. The van der Waals surface area contributed by atoms with Crippen LogP contribution < -0.4 is 10.5 Å². The van der Waals surface area contributed by atoms with Gasteiger partial charge < -0.3 is 15.2 Å². The highest BCUT2D eigenvalue weighted by atomic mass is 16.5. The number of esters is 1. The third-order valence-electron chi connectivity index (χ3n) is 2.51. The summed E-state index contributed by atoms with van der Waals surface area (Å²) >= 11 is 0. The number of pyridine rings is 1. The molecule has 0 aromatic carbocycles. The predicted octanol–water partition coefficient (Wildman–Crippen LogP) is 1.31. The summed E-state index contributed by atoms with van der Waals surface area (Å²) in [6, 6.07) is 3.52. The molecule has 0 radical (unpaired) electrons. The zero-order valence-electron chi connectivity index (χ0n) is 11.2. The first-order valence-electron chi connectivity index (χ1n) is 5.96. The van der Waals surface area contributed by atoms with Crippen LogP contribution in [0.4, 0.5) is 5.82 Å². The van der Waals surface area contributed by atoms with E-state index in [4.69, 9.17) is 10.5 Å².